The summed E-state index contributed by atoms with van der Waals surface area (Å²) in [6.07, 6.45) is 3.44. The second kappa shape index (κ2) is 10.4. The van der Waals surface area contributed by atoms with Gasteiger partial charge in [0.05, 0.1) is 13.2 Å². The largest absolute Gasteiger partial charge is 0.462 e. The molecule has 0 heterocycles. The van der Waals surface area contributed by atoms with Gasteiger partial charge in [0.2, 0.25) is 0 Å². The van der Waals surface area contributed by atoms with Crippen LogP contribution >= 0.6 is 0 Å². The van der Waals surface area contributed by atoms with E-state index in [0.717, 1.165) is 25.9 Å². The van der Waals surface area contributed by atoms with Crippen LogP contribution in [0.5, 0.6) is 0 Å². The van der Waals surface area contributed by atoms with Crippen molar-refractivity contribution in [1.29, 1.82) is 0 Å². The number of ether oxygens (including phenoxy) is 2. The van der Waals surface area contributed by atoms with Crippen LogP contribution in [-0.4, -0.2) is 43.1 Å². The molecule has 110 valence electrons. The molecular formula is C14H25NO4. The molecule has 0 saturated carbocycles. The SMILES string of the molecule is CCCN(C=C(C(=O)OCC)C(=O)OCC)CCC. The van der Waals surface area contributed by atoms with Crippen molar-refractivity contribution in [2.24, 2.45) is 0 Å². The fourth-order valence-electron chi connectivity index (χ4n) is 1.60. The summed E-state index contributed by atoms with van der Waals surface area (Å²) in [6.45, 7) is 9.55. The Morgan fingerprint density at radius 3 is 1.63 bits per heavy atom. The lowest BCUT2D eigenvalue weighted by Crippen LogP contribution is -2.25. The van der Waals surface area contributed by atoms with Gasteiger partial charge in [0.25, 0.3) is 0 Å². The minimum Gasteiger partial charge on any atom is -0.462 e. The van der Waals surface area contributed by atoms with E-state index in [2.05, 4.69) is 0 Å². The molecule has 0 aliphatic rings. The molecule has 0 bridgehead atoms. The molecule has 0 aromatic heterocycles. The van der Waals surface area contributed by atoms with Gasteiger partial charge in [0, 0.05) is 19.3 Å². The molecule has 0 aliphatic carbocycles. The zero-order valence-electron chi connectivity index (χ0n) is 12.4. The number of carbonyl (C=O) groups is 2. The molecule has 0 saturated heterocycles. The minimum atomic E-state index is -0.627. The summed E-state index contributed by atoms with van der Waals surface area (Å²) in [5, 5.41) is 0. The first-order valence-corrected chi connectivity index (χ1v) is 6.90. The molecule has 0 aromatic carbocycles. The number of nitrogens with zero attached hydrogens (tertiary/aromatic N) is 1. The van der Waals surface area contributed by atoms with Crippen LogP contribution in [0, 0.1) is 0 Å². The van der Waals surface area contributed by atoms with Gasteiger partial charge in [-0.15, -0.1) is 0 Å². The van der Waals surface area contributed by atoms with Gasteiger partial charge in [-0.05, 0) is 26.7 Å². The predicted molar refractivity (Wildman–Crippen MR) is 73.5 cm³/mol. The van der Waals surface area contributed by atoms with Crippen LogP contribution < -0.4 is 0 Å². The first kappa shape index (κ1) is 17.5. The molecule has 0 atom stereocenters. The number of carbonyl (C=O) groups excluding carboxylic acids is 2. The molecular weight excluding hydrogens is 246 g/mol. The third-order valence-corrected chi connectivity index (χ3v) is 2.32. The molecule has 5 heteroatoms. The second-order valence-electron chi connectivity index (χ2n) is 4.02. The lowest BCUT2D eigenvalue weighted by Gasteiger charge is -2.20. The van der Waals surface area contributed by atoms with E-state index in [1.165, 1.54) is 0 Å². The highest BCUT2D eigenvalue weighted by atomic mass is 16.6. The number of esters is 2. The predicted octanol–water partition coefficient (Wildman–Crippen LogP) is 2.12. The molecule has 0 amide bonds. The van der Waals surface area contributed by atoms with Crippen molar-refractivity contribution in [3.05, 3.63) is 11.8 Å². The third-order valence-electron chi connectivity index (χ3n) is 2.32. The Hall–Kier alpha value is -1.52. The monoisotopic (exact) mass is 271 g/mol. The molecule has 0 aromatic rings. The fraction of sp³-hybridized carbons (Fsp3) is 0.714. The van der Waals surface area contributed by atoms with E-state index in [9.17, 15) is 9.59 Å². The van der Waals surface area contributed by atoms with E-state index in [0.29, 0.717) is 0 Å². The van der Waals surface area contributed by atoms with Crippen molar-refractivity contribution in [2.45, 2.75) is 40.5 Å². The highest BCUT2D eigenvalue weighted by Gasteiger charge is 2.22. The summed E-state index contributed by atoms with van der Waals surface area (Å²) in [5.41, 5.74) is -0.0365. The lowest BCUT2D eigenvalue weighted by atomic mass is 10.2. The first-order chi connectivity index (χ1) is 9.10. The quantitative estimate of drug-likeness (QED) is 0.278. The Kier molecular flexibility index (Phi) is 9.57. The Labute approximate surface area is 115 Å². The Morgan fingerprint density at radius 1 is 0.895 bits per heavy atom. The summed E-state index contributed by atoms with van der Waals surface area (Å²) in [7, 11) is 0. The Bertz CT molecular complexity index is 287. The van der Waals surface area contributed by atoms with Gasteiger partial charge in [0.15, 0.2) is 5.57 Å². The topological polar surface area (TPSA) is 55.8 Å². The van der Waals surface area contributed by atoms with Crippen molar-refractivity contribution < 1.29 is 19.1 Å². The van der Waals surface area contributed by atoms with Gasteiger partial charge in [-0.3, -0.25) is 0 Å². The Balaban J connectivity index is 5.05. The third kappa shape index (κ3) is 6.84. The van der Waals surface area contributed by atoms with Crippen molar-refractivity contribution in [2.75, 3.05) is 26.3 Å². The summed E-state index contributed by atoms with van der Waals surface area (Å²) in [4.78, 5) is 25.5. The van der Waals surface area contributed by atoms with Crippen molar-refractivity contribution in [1.82, 2.24) is 4.90 Å². The normalized spacial score (nSPS) is 9.68. The summed E-state index contributed by atoms with van der Waals surface area (Å²) >= 11 is 0. The zero-order valence-corrected chi connectivity index (χ0v) is 12.4. The van der Waals surface area contributed by atoms with E-state index in [4.69, 9.17) is 9.47 Å². The van der Waals surface area contributed by atoms with E-state index >= 15 is 0 Å². The molecule has 0 N–H and O–H groups in total. The fourth-order valence-corrected chi connectivity index (χ4v) is 1.60. The number of hydrogen-bond donors (Lipinski definition) is 0. The van der Waals surface area contributed by atoms with Crippen molar-refractivity contribution in [3.8, 4) is 0 Å². The van der Waals surface area contributed by atoms with Gasteiger partial charge in [-0.1, -0.05) is 13.8 Å². The number of hydrogen-bond acceptors (Lipinski definition) is 5. The standard InChI is InChI=1S/C14H25NO4/c1-5-9-15(10-6-2)11-12(13(16)18-7-3)14(17)19-8-4/h11H,5-10H2,1-4H3. The highest BCUT2D eigenvalue weighted by Crippen LogP contribution is 2.06. The van der Waals surface area contributed by atoms with Gasteiger partial charge >= 0.3 is 11.9 Å². The van der Waals surface area contributed by atoms with E-state index in [1.54, 1.807) is 20.0 Å². The van der Waals surface area contributed by atoms with Gasteiger partial charge in [-0.2, -0.15) is 0 Å². The average molecular weight is 271 g/mol. The van der Waals surface area contributed by atoms with Gasteiger partial charge < -0.3 is 14.4 Å². The molecule has 0 radical (unpaired) electrons. The van der Waals surface area contributed by atoms with E-state index in [1.807, 2.05) is 18.7 Å². The van der Waals surface area contributed by atoms with Crippen LogP contribution in [0.25, 0.3) is 0 Å². The summed E-state index contributed by atoms with van der Waals surface area (Å²) in [6, 6.07) is 0. The summed E-state index contributed by atoms with van der Waals surface area (Å²) in [5.74, 6) is -1.25. The van der Waals surface area contributed by atoms with Crippen LogP contribution in [-0.2, 0) is 19.1 Å². The molecule has 5 nitrogen and oxygen atoms in total. The molecule has 0 unspecified atom stereocenters. The van der Waals surface area contributed by atoms with Gasteiger partial charge in [-0.25, -0.2) is 9.59 Å². The molecule has 19 heavy (non-hydrogen) atoms. The minimum absolute atomic E-state index is 0.0365. The molecule has 0 spiro atoms. The summed E-state index contributed by atoms with van der Waals surface area (Å²) < 4.78 is 9.79. The molecule has 0 aliphatic heterocycles. The zero-order chi connectivity index (χ0) is 14.7. The van der Waals surface area contributed by atoms with Crippen LogP contribution in [0.1, 0.15) is 40.5 Å². The maximum Gasteiger partial charge on any atom is 0.347 e. The molecule has 0 fully saturated rings. The van der Waals surface area contributed by atoms with E-state index < -0.39 is 11.9 Å². The number of rotatable bonds is 9. The van der Waals surface area contributed by atoms with E-state index in [-0.39, 0.29) is 18.8 Å². The van der Waals surface area contributed by atoms with Crippen LogP contribution in [0.15, 0.2) is 11.8 Å². The Morgan fingerprint density at radius 2 is 1.32 bits per heavy atom. The lowest BCUT2D eigenvalue weighted by molar-refractivity contribution is -0.146. The maximum absolute atomic E-state index is 11.8. The van der Waals surface area contributed by atoms with Crippen molar-refractivity contribution >= 4 is 11.9 Å². The maximum atomic E-state index is 11.8. The smallest absolute Gasteiger partial charge is 0.347 e. The first-order valence-electron chi connectivity index (χ1n) is 6.90. The average Bonchev–Trinajstić information content (AvgIpc) is 2.36. The molecule has 0 rings (SSSR count). The van der Waals surface area contributed by atoms with Gasteiger partial charge in [0.1, 0.15) is 0 Å². The van der Waals surface area contributed by atoms with Crippen LogP contribution in [0.3, 0.4) is 0 Å². The van der Waals surface area contributed by atoms with Crippen LogP contribution in [0.2, 0.25) is 0 Å². The van der Waals surface area contributed by atoms with Crippen molar-refractivity contribution in [3.63, 3.8) is 0 Å². The highest BCUT2D eigenvalue weighted by molar-refractivity contribution is 6.13. The second-order valence-corrected chi connectivity index (χ2v) is 4.02. The van der Waals surface area contributed by atoms with Crippen LogP contribution in [0.4, 0.5) is 0 Å².